The number of benzene rings is 1. The van der Waals surface area contributed by atoms with E-state index in [1.165, 1.54) is 12.8 Å². The Morgan fingerprint density at radius 3 is 2.86 bits per heavy atom. The number of hydrogen-bond donors (Lipinski definition) is 2. The lowest BCUT2D eigenvalue weighted by molar-refractivity contribution is 0.129. The summed E-state index contributed by atoms with van der Waals surface area (Å²) in [4.78, 5) is 4.54. The molecule has 5 heteroatoms. The van der Waals surface area contributed by atoms with Crippen LogP contribution in [0.2, 0.25) is 5.02 Å². The molecular weight excluding hydrogens is 286 g/mol. The van der Waals surface area contributed by atoms with Crippen molar-refractivity contribution in [2.45, 2.75) is 26.3 Å². The van der Waals surface area contributed by atoms with Crippen molar-refractivity contribution in [3.05, 3.63) is 34.9 Å². The molecule has 1 aliphatic carbocycles. The zero-order valence-electron chi connectivity index (χ0n) is 12.6. The van der Waals surface area contributed by atoms with E-state index in [1.807, 2.05) is 24.3 Å². The molecule has 1 aromatic carbocycles. The SMILES string of the molecule is CCNC(=NCc1ccccc1Cl)NCCOCC1CC1. The van der Waals surface area contributed by atoms with Crippen molar-refractivity contribution in [2.24, 2.45) is 10.9 Å². The fourth-order valence-electron chi connectivity index (χ4n) is 1.91. The van der Waals surface area contributed by atoms with Crippen LogP contribution < -0.4 is 10.6 Å². The molecule has 0 heterocycles. The van der Waals surface area contributed by atoms with Crippen molar-refractivity contribution >= 4 is 17.6 Å². The second-order valence-electron chi connectivity index (χ2n) is 5.23. The standard InChI is InChI=1S/C16H24ClN3O/c1-2-18-16(19-9-10-21-12-13-7-8-13)20-11-14-5-3-4-6-15(14)17/h3-6,13H,2,7-12H2,1H3,(H2,18,19,20). The molecule has 0 unspecified atom stereocenters. The van der Waals surface area contributed by atoms with Crippen LogP contribution in [0.25, 0.3) is 0 Å². The average Bonchev–Trinajstić information content (AvgIpc) is 3.30. The minimum atomic E-state index is 0.567. The van der Waals surface area contributed by atoms with Crippen LogP contribution in [0.1, 0.15) is 25.3 Å². The lowest BCUT2D eigenvalue weighted by atomic mass is 10.2. The molecule has 0 amide bonds. The highest BCUT2D eigenvalue weighted by Gasteiger charge is 2.20. The summed E-state index contributed by atoms with van der Waals surface area (Å²) in [6.45, 7) is 5.83. The lowest BCUT2D eigenvalue weighted by Crippen LogP contribution is -2.39. The summed E-state index contributed by atoms with van der Waals surface area (Å²) in [5, 5.41) is 7.25. The van der Waals surface area contributed by atoms with Gasteiger partial charge in [-0.2, -0.15) is 0 Å². The minimum absolute atomic E-state index is 0.567. The maximum atomic E-state index is 6.14. The van der Waals surface area contributed by atoms with E-state index < -0.39 is 0 Å². The Hall–Kier alpha value is -1.26. The van der Waals surface area contributed by atoms with E-state index in [0.717, 1.165) is 42.2 Å². The third-order valence-electron chi connectivity index (χ3n) is 3.30. The van der Waals surface area contributed by atoms with E-state index in [2.05, 4.69) is 22.5 Å². The van der Waals surface area contributed by atoms with Gasteiger partial charge in [-0.05, 0) is 37.3 Å². The monoisotopic (exact) mass is 309 g/mol. The first-order valence-electron chi connectivity index (χ1n) is 7.63. The molecule has 1 fully saturated rings. The van der Waals surface area contributed by atoms with Gasteiger partial charge in [-0.1, -0.05) is 29.8 Å². The maximum Gasteiger partial charge on any atom is 0.191 e. The molecule has 0 spiro atoms. The summed E-state index contributed by atoms with van der Waals surface area (Å²) in [6, 6.07) is 7.78. The molecule has 21 heavy (non-hydrogen) atoms. The molecule has 0 radical (unpaired) electrons. The van der Waals surface area contributed by atoms with Gasteiger partial charge in [-0.15, -0.1) is 0 Å². The van der Waals surface area contributed by atoms with E-state index in [0.29, 0.717) is 13.2 Å². The highest BCUT2D eigenvalue weighted by Crippen LogP contribution is 2.28. The van der Waals surface area contributed by atoms with Crippen molar-refractivity contribution in [3.63, 3.8) is 0 Å². The number of aliphatic imine (C=N–C) groups is 1. The van der Waals surface area contributed by atoms with Gasteiger partial charge >= 0.3 is 0 Å². The number of hydrogen-bond acceptors (Lipinski definition) is 2. The number of nitrogens with zero attached hydrogens (tertiary/aromatic N) is 1. The number of nitrogens with one attached hydrogen (secondary N) is 2. The zero-order chi connectivity index (χ0) is 14.9. The molecule has 1 aromatic rings. The Bertz CT molecular complexity index is 461. The molecule has 1 saturated carbocycles. The second-order valence-corrected chi connectivity index (χ2v) is 5.64. The van der Waals surface area contributed by atoms with Crippen LogP contribution in [0, 0.1) is 5.92 Å². The van der Waals surface area contributed by atoms with Crippen LogP contribution in [0.15, 0.2) is 29.3 Å². The average molecular weight is 310 g/mol. The van der Waals surface area contributed by atoms with Crippen LogP contribution in [-0.2, 0) is 11.3 Å². The highest BCUT2D eigenvalue weighted by atomic mass is 35.5. The Balaban J connectivity index is 1.73. The molecule has 116 valence electrons. The first kappa shape index (κ1) is 16.1. The highest BCUT2D eigenvalue weighted by molar-refractivity contribution is 6.31. The van der Waals surface area contributed by atoms with Crippen LogP contribution in [0.5, 0.6) is 0 Å². The van der Waals surface area contributed by atoms with E-state index in [4.69, 9.17) is 16.3 Å². The Morgan fingerprint density at radius 2 is 2.14 bits per heavy atom. The Kier molecular flexibility index (Phi) is 6.83. The van der Waals surface area contributed by atoms with E-state index in [1.54, 1.807) is 0 Å². The third kappa shape index (κ3) is 6.36. The maximum absolute atomic E-state index is 6.14. The lowest BCUT2D eigenvalue weighted by Gasteiger charge is -2.11. The molecule has 0 aliphatic heterocycles. The molecular formula is C16H24ClN3O. The fourth-order valence-corrected chi connectivity index (χ4v) is 2.10. The summed E-state index contributed by atoms with van der Waals surface area (Å²) in [5.74, 6) is 1.61. The van der Waals surface area contributed by atoms with Gasteiger partial charge < -0.3 is 15.4 Å². The van der Waals surface area contributed by atoms with Crippen molar-refractivity contribution in [3.8, 4) is 0 Å². The minimum Gasteiger partial charge on any atom is -0.379 e. The smallest absolute Gasteiger partial charge is 0.191 e. The molecule has 0 atom stereocenters. The molecule has 0 saturated heterocycles. The quantitative estimate of drug-likeness (QED) is 0.441. The first-order chi connectivity index (χ1) is 10.3. The number of halogens is 1. The molecule has 0 bridgehead atoms. The predicted molar refractivity (Wildman–Crippen MR) is 87.8 cm³/mol. The number of guanidine groups is 1. The largest absolute Gasteiger partial charge is 0.379 e. The number of rotatable bonds is 8. The van der Waals surface area contributed by atoms with Gasteiger partial charge in [0.25, 0.3) is 0 Å². The van der Waals surface area contributed by atoms with Gasteiger partial charge in [0, 0.05) is 24.7 Å². The van der Waals surface area contributed by atoms with E-state index in [-0.39, 0.29) is 0 Å². The van der Waals surface area contributed by atoms with Crippen molar-refractivity contribution in [2.75, 3.05) is 26.3 Å². The van der Waals surface area contributed by atoms with Crippen molar-refractivity contribution in [1.29, 1.82) is 0 Å². The van der Waals surface area contributed by atoms with Crippen LogP contribution in [-0.4, -0.2) is 32.3 Å². The molecule has 1 aliphatic rings. The topological polar surface area (TPSA) is 45.7 Å². The zero-order valence-corrected chi connectivity index (χ0v) is 13.3. The molecule has 4 nitrogen and oxygen atoms in total. The van der Waals surface area contributed by atoms with Gasteiger partial charge in [0.15, 0.2) is 5.96 Å². The predicted octanol–water partition coefficient (Wildman–Crippen LogP) is 2.82. The van der Waals surface area contributed by atoms with Crippen molar-refractivity contribution in [1.82, 2.24) is 10.6 Å². The number of ether oxygens (including phenoxy) is 1. The Labute approximate surface area is 131 Å². The van der Waals surface area contributed by atoms with E-state index >= 15 is 0 Å². The van der Waals surface area contributed by atoms with Crippen LogP contribution in [0.4, 0.5) is 0 Å². The summed E-state index contributed by atoms with van der Waals surface area (Å²) in [6.07, 6.45) is 2.66. The van der Waals surface area contributed by atoms with Crippen LogP contribution in [0.3, 0.4) is 0 Å². The molecule has 2 N–H and O–H groups in total. The second kappa shape index (κ2) is 8.90. The molecule has 2 rings (SSSR count). The van der Waals surface area contributed by atoms with Gasteiger partial charge in [-0.3, -0.25) is 0 Å². The van der Waals surface area contributed by atoms with E-state index in [9.17, 15) is 0 Å². The van der Waals surface area contributed by atoms with Gasteiger partial charge in [0.1, 0.15) is 0 Å². The molecule has 0 aromatic heterocycles. The third-order valence-corrected chi connectivity index (χ3v) is 3.67. The summed E-state index contributed by atoms with van der Waals surface area (Å²) in [5.41, 5.74) is 1.03. The summed E-state index contributed by atoms with van der Waals surface area (Å²) >= 11 is 6.14. The first-order valence-corrected chi connectivity index (χ1v) is 8.00. The van der Waals surface area contributed by atoms with Crippen LogP contribution >= 0.6 is 11.6 Å². The fraction of sp³-hybridized carbons (Fsp3) is 0.562. The van der Waals surface area contributed by atoms with Gasteiger partial charge in [0.2, 0.25) is 0 Å². The van der Waals surface area contributed by atoms with Gasteiger partial charge in [-0.25, -0.2) is 4.99 Å². The van der Waals surface area contributed by atoms with Crippen molar-refractivity contribution < 1.29 is 4.74 Å². The van der Waals surface area contributed by atoms with Gasteiger partial charge in [0.05, 0.1) is 13.2 Å². The summed E-state index contributed by atoms with van der Waals surface area (Å²) in [7, 11) is 0. The normalized spacial score (nSPS) is 15.0. The summed E-state index contributed by atoms with van der Waals surface area (Å²) < 4.78 is 5.60. The Morgan fingerprint density at radius 1 is 1.33 bits per heavy atom.